The first kappa shape index (κ1) is 30.3. The second-order valence-corrected chi connectivity index (χ2v) is 13.4. The van der Waals surface area contributed by atoms with E-state index in [2.05, 4.69) is 43.9 Å². The number of fused-ring (bicyclic) bond motifs is 1. The molecule has 1 aromatic heterocycles. The molecule has 0 spiro atoms. The molecule has 1 atom stereocenters. The van der Waals surface area contributed by atoms with E-state index in [0.29, 0.717) is 18.2 Å². The minimum absolute atomic E-state index is 0.0167. The van der Waals surface area contributed by atoms with E-state index in [0.717, 1.165) is 74.7 Å². The van der Waals surface area contributed by atoms with Crippen molar-refractivity contribution in [3.05, 3.63) is 81.8 Å². The normalized spacial score (nSPS) is 17.6. The van der Waals surface area contributed by atoms with Gasteiger partial charge in [-0.25, -0.2) is 0 Å². The Kier molecular flexibility index (Phi) is 9.80. The molecule has 2 saturated heterocycles. The van der Waals surface area contributed by atoms with Gasteiger partial charge in [0.25, 0.3) is 0 Å². The molecule has 8 heteroatoms. The maximum absolute atomic E-state index is 14.2. The summed E-state index contributed by atoms with van der Waals surface area (Å²) in [6.45, 7) is 6.63. The average Bonchev–Trinajstić information content (AvgIpc) is 3.79. The number of halogens is 1. The molecule has 4 aromatic rings. The highest BCUT2D eigenvalue weighted by Gasteiger charge is 2.26. The highest BCUT2D eigenvalue weighted by atomic mass is 79.9. The highest BCUT2D eigenvalue weighted by molar-refractivity contribution is 9.10. The third kappa shape index (κ3) is 6.84. The number of likely N-dealkylation sites (tertiary alicyclic amines) is 2. The lowest BCUT2D eigenvalue weighted by Gasteiger charge is -2.24. The number of benzene rings is 3. The average molecular weight is 664 g/mol. The molecule has 2 fully saturated rings. The SMILES string of the molecule is COC[C@@H]1CCCN1Cc1ccc(C(=O)c2c(-c3ccc(OCCN4CCCC4)cc3)sc3cc(OC)ccc23)cc1Br. The molecular weight excluding hydrogens is 624 g/mol. The molecular formula is C35H39BrN2O4S. The Morgan fingerprint density at radius 1 is 0.953 bits per heavy atom. The zero-order chi connectivity index (χ0) is 29.8. The number of methoxy groups -OCH3 is 2. The number of thiophene rings is 1. The van der Waals surface area contributed by atoms with E-state index in [1.54, 1.807) is 25.6 Å². The molecule has 226 valence electrons. The van der Waals surface area contributed by atoms with Crippen LogP contribution in [0.25, 0.3) is 20.5 Å². The summed E-state index contributed by atoms with van der Waals surface area (Å²) in [7, 11) is 3.44. The lowest BCUT2D eigenvalue weighted by molar-refractivity contribution is 0.104. The molecule has 6 rings (SSSR count). The van der Waals surface area contributed by atoms with Crippen molar-refractivity contribution in [1.29, 1.82) is 0 Å². The number of carbonyl (C=O) groups excluding carboxylic acids is 1. The monoisotopic (exact) mass is 662 g/mol. The van der Waals surface area contributed by atoms with Crippen LogP contribution >= 0.6 is 27.3 Å². The number of rotatable bonds is 12. The largest absolute Gasteiger partial charge is 0.497 e. The van der Waals surface area contributed by atoms with Crippen molar-refractivity contribution >= 4 is 43.1 Å². The molecule has 6 nitrogen and oxygen atoms in total. The standard InChI is InChI=1S/C35H39BrN2O4S/c1-40-23-27-6-5-17-38(27)22-26-8-7-25(20-31(26)36)34(39)33-30-14-13-29(41-2)21-32(30)43-35(33)24-9-11-28(12-10-24)42-19-18-37-15-3-4-16-37/h7-14,20-21,27H,3-6,15-19,22-23H2,1-2H3/t27-/m0/s1. The molecule has 0 radical (unpaired) electrons. The number of carbonyl (C=O) groups is 1. The van der Waals surface area contributed by atoms with Crippen molar-refractivity contribution in [3.8, 4) is 21.9 Å². The van der Waals surface area contributed by atoms with Crippen molar-refractivity contribution < 1.29 is 19.0 Å². The van der Waals surface area contributed by atoms with Gasteiger partial charge in [0.15, 0.2) is 5.78 Å². The van der Waals surface area contributed by atoms with E-state index < -0.39 is 0 Å². The van der Waals surface area contributed by atoms with Crippen LogP contribution in [-0.2, 0) is 11.3 Å². The predicted molar refractivity (Wildman–Crippen MR) is 178 cm³/mol. The minimum atomic E-state index is 0.0167. The van der Waals surface area contributed by atoms with Crippen LogP contribution in [0.1, 0.15) is 47.2 Å². The van der Waals surface area contributed by atoms with Crippen molar-refractivity contribution in [2.45, 2.75) is 38.3 Å². The molecule has 0 N–H and O–H groups in total. The van der Waals surface area contributed by atoms with E-state index >= 15 is 0 Å². The van der Waals surface area contributed by atoms with Crippen LogP contribution in [0.4, 0.5) is 0 Å². The zero-order valence-electron chi connectivity index (χ0n) is 24.9. The van der Waals surface area contributed by atoms with Gasteiger partial charge >= 0.3 is 0 Å². The summed E-state index contributed by atoms with van der Waals surface area (Å²) in [5.74, 6) is 1.65. The van der Waals surface area contributed by atoms with Gasteiger partial charge in [0.2, 0.25) is 0 Å². The molecule has 0 bridgehead atoms. The van der Waals surface area contributed by atoms with Gasteiger partial charge < -0.3 is 14.2 Å². The van der Waals surface area contributed by atoms with E-state index in [-0.39, 0.29) is 5.78 Å². The summed E-state index contributed by atoms with van der Waals surface area (Å²) in [4.78, 5) is 20.1. The molecule has 2 aliphatic heterocycles. The Morgan fingerprint density at radius 2 is 1.74 bits per heavy atom. The van der Waals surface area contributed by atoms with Crippen molar-refractivity contribution in [2.24, 2.45) is 0 Å². The highest BCUT2D eigenvalue weighted by Crippen LogP contribution is 2.42. The second-order valence-electron chi connectivity index (χ2n) is 11.4. The number of hydrogen-bond donors (Lipinski definition) is 0. The Bertz CT molecular complexity index is 1560. The Morgan fingerprint density at radius 3 is 2.49 bits per heavy atom. The van der Waals surface area contributed by atoms with Gasteiger partial charge in [-0.1, -0.05) is 28.1 Å². The first-order valence-electron chi connectivity index (χ1n) is 15.2. The molecule has 0 aliphatic carbocycles. The smallest absolute Gasteiger partial charge is 0.195 e. The van der Waals surface area contributed by atoms with Crippen LogP contribution < -0.4 is 9.47 Å². The van der Waals surface area contributed by atoms with E-state index in [1.165, 1.54) is 37.9 Å². The van der Waals surface area contributed by atoms with Gasteiger partial charge in [-0.3, -0.25) is 14.6 Å². The fourth-order valence-electron chi connectivity index (χ4n) is 6.30. The van der Waals surface area contributed by atoms with Gasteiger partial charge in [-0.05, 0) is 105 Å². The summed E-state index contributed by atoms with van der Waals surface area (Å²) < 4.78 is 19.0. The number of ketones is 1. The summed E-state index contributed by atoms with van der Waals surface area (Å²) in [5.41, 5.74) is 3.58. The van der Waals surface area contributed by atoms with Crippen LogP contribution in [0.5, 0.6) is 11.5 Å². The van der Waals surface area contributed by atoms with E-state index in [4.69, 9.17) is 14.2 Å². The minimum Gasteiger partial charge on any atom is -0.497 e. The lowest BCUT2D eigenvalue weighted by atomic mass is 9.97. The third-order valence-electron chi connectivity index (χ3n) is 8.66. The van der Waals surface area contributed by atoms with Gasteiger partial charge in [-0.15, -0.1) is 11.3 Å². The summed E-state index contributed by atoms with van der Waals surface area (Å²) in [6.07, 6.45) is 4.91. The molecule has 0 unspecified atom stereocenters. The molecule has 3 heterocycles. The van der Waals surface area contributed by atoms with E-state index in [9.17, 15) is 4.79 Å². The maximum atomic E-state index is 14.2. The molecule has 43 heavy (non-hydrogen) atoms. The zero-order valence-corrected chi connectivity index (χ0v) is 27.3. The Hall–Kier alpha value is -2.75. The molecule has 3 aromatic carbocycles. The second kappa shape index (κ2) is 13.9. The van der Waals surface area contributed by atoms with Crippen LogP contribution in [-0.4, -0.2) is 75.2 Å². The number of ether oxygens (including phenoxy) is 3. The quantitative estimate of drug-likeness (QED) is 0.145. The summed E-state index contributed by atoms with van der Waals surface area (Å²) in [6, 6.07) is 20.6. The summed E-state index contributed by atoms with van der Waals surface area (Å²) >= 11 is 5.41. The fourth-order valence-corrected chi connectivity index (χ4v) is 8.04. The predicted octanol–water partition coefficient (Wildman–Crippen LogP) is 7.66. The lowest BCUT2D eigenvalue weighted by Crippen LogP contribution is -2.32. The maximum Gasteiger partial charge on any atom is 0.195 e. The van der Waals surface area contributed by atoms with Crippen LogP contribution in [0, 0.1) is 0 Å². The van der Waals surface area contributed by atoms with Gasteiger partial charge in [-0.2, -0.15) is 0 Å². The Balaban J connectivity index is 1.26. The first-order chi connectivity index (χ1) is 21.0. The van der Waals surface area contributed by atoms with Gasteiger partial charge in [0, 0.05) is 56.8 Å². The molecule has 0 amide bonds. The molecule has 0 saturated carbocycles. The van der Waals surface area contributed by atoms with Crippen LogP contribution in [0.3, 0.4) is 0 Å². The third-order valence-corrected chi connectivity index (χ3v) is 10.6. The number of hydrogen-bond acceptors (Lipinski definition) is 7. The van der Waals surface area contributed by atoms with Crippen LogP contribution in [0.15, 0.2) is 65.1 Å². The van der Waals surface area contributed by atoms with Gasteiger partial charge in [0.05, 0.1) is 13.7 Å². The van der Waals surface area contributed by atoms with Crippen molar-refractivity contribution in [2.75, 3.05) is 53.6 Å². The fraction of sp³-hybridized carbons (Fsp3) is 0.400. The number of nitrogens with zero attached hydrogens (tertiary/aromatic N) is 2. The van der Waals surface area contributed by atoms with Gasteiger partial charge in [0.1, 0.15) is 18.1 Å². The Labute approximate surface area is 266 Å². The van der Waals surface area contributed by atoms with Crippen LogP contribution in [0.2, 0.25) is 0 Å². The topological polar surface area (TPSA) is 51.2 Å². The van der Waals surface area contributed by atoms with Crippen molar-refractivity contribution in [1.82, 2.24) is 9.80 Å². The molecule has 2 aliphatic rings. The summed E-state index contributed by atoms with van der Waals surface area (Å²) in [5, 5.41) is 0.941. The van der Waals surface area contributed by atoms with E-state index in [1.807, 2.05) is 42.5 Å². The van der Waals surface area contributed by atoms with Crippen molar-refractivity contribution in [3.63, 3.8) is 0 Å². The first-order valence-corrected chi connectivity index (χ1v) is 16.8.